The quantitative estimate of drug-likeness (QED) is 0.623. The number of benzene rings is 1. The lowest BCUT2D eigenvalue weighted by Gasteiger charge is -2.10. The number of methoxy groups -OCH3 is 1. The van der Waals surface area contributed by atoms with Gasteiger partial charge in [0, 0.05) is 43.8 Å². The zero-order chi connectivity index (χ0) is 20.2. The van der Waals surface area contributed by atoms with Gasteiger partial charge in [-0.1, -0.05) is 12.1 Å². The third-order valence-electron chi connectivity index (χ3n) is 5.41. The summed E-state index contributed by atoms with van der Waals surface area (Å²) < 4.78 is 8.42. The van der Waals surface area contributed by atoms with Crippen molar-refractivity contribution in [3.05, 3.63) is 69.4 Å². The van der Waals surface area contributed by atoms with Crippen LogP contribution in [0.5, 0.6) is 0 Å². The van der Waals surface area contributed by atoms with Gasteiger partial charge in [0.1, 0.15) is 5.52 Å². The van der Waals surface area contributed by atoms with Gasteiger partial charge in [0.2, 0.25) is 0 Å². The molecule has 2 aromatic heterocycles. The Morgan fingerprint density at radius 3 is 2.76 bits per heavy atom. The van der Waals surface area contributed by atoms with Crippen molar-refractivity contribution in [2.45, 2.75) is 38.6 Å². The summed E-state index contributed by atoms with van der Waals surface area (Å²) in [7, 11) is 1.64. The van der Waals surface area contributed by atoms with E-state index in [1.54, 1.807) is 34.5 Å². The Bertz CT molecular complexity index is 1070. The Balaban J connectivity index is 1.49. The zero-order valence-corrected chi connectivity index (χ0v) is 16.7. The molecule has 0 spiro atoms. The van der Waals surface area contributed by atoms with E-state index in [1.165, 1.54) is 0 Å². The van der Waals surface area contributed by atoms with Gasteiger partial charge in [-0.2, -0.15) is 5.10 Å². The summed E-state index contributed by atoms with van der Waals surface area (Å²) in [5.74, 6) is -0.0999. The highest BCUT2D eigenvalue weighted by molar-refractivity contribution is 5.94. The summed E-state index contributed by atoms with van der Waals surface area (Å²) in [6.07, 6.45) is 8.54. The molecule has 7 heteroatoms. The molecule has 1 aliphatic carbocycles. The van der Waals surface area contributed by atoms with Crippen LogP contribution < -0.4 is 10.9 Å². The first kappa shape index (κ1) is 19.4. The number of nitrogens with one attached hydrogen (secondary N) is 1. The van der Waals surface area contributed by atoms with Crippen LogP contribution in [0.25, 0.3) is 5.52 Å². The van der Waals surface area contributed by atoms with E-state index in [-0.39, 0.29) is 11.5 Å². The molecule has 0 fully saturated rings. The first-order valence-corrected chi connectivity index (χ1v) is 10.1. The molecule has 1 amide bonds. The fraction of sp³-hybridized carbons (Fsp3) is 0.409. The Morgan fingerprint density at radius 2 is 1.97 bits per heavy atom. The first-order valence-electron chi connectivity index (χ1n) is 10.1. The van der Waals surface area contributed by atoms with Gasteiger partial charge in [-0.15, -0.1) is 0 Å². The molecule has 0 atom stereocenters. The normalized spacial score (nSPS) is 13.4. The van der Waals surface area contributed by atoms with E-state index in [0.29, 0.717) is 30.8 Å². The summed E-state index contributed by atoms with van der Waals surface area (Å²) in [6.45, 7) is 1.67. The second-order valence-electron chi connectivity index (χ2n) is 7.46. The Kier molecular flexibility index (Phi) is 5.76. The van der Waals surface area contributed by atoms with E-state index in [0.717, 1.165) is 48.9 Å². The van der Waals surface area contributed by atoms with Gasteiger partial charge in [0.25, 0.3) is 11.5 Å². The number of carbonyl (C=O) groups excluding carboxylic acids is 1. The minimum absolute atomic E-state index is 0.0110. The average Bonchev–Trinajstić information content (AvgIpc) is 3.13. The monoisotopic (exact) mass is 394 g/mol. The number of carbonyl (C=O) groups is 1. The minimum Gasteiger partial charge on any atom is -0.385 e. The molecule has 29 heavy (non-hydrogen) atoms. The zero-order valence-electron chi connectivity index (χ0n) is 16.7. The number of rotatable bonds is 7. The minimum atomic E-state index is -0.0999. The molecule has 7 nitrogen and oxygen atoms in total. The maximum absolute atomic E-state index is 13.0. The van der Waals surface area contributed by atoms with Crippen molar-refractivity contribution < 1.29 is 9.53 Å². The highest BCUT2D eigenvalue weighted by Gasteiger charge is 2.19. The molecular weight excluding hydrogens is 368 g/mol. The number of hydrogen-bond acceptors (Lipinski definition) is 4. The Morgan fingerprint density at radius 1 is 1.17 bits per heavy atom. The van der Waals surface area contributed by atoms with Crippen molar-refractivity contribution in [2.75, 3.05) is 20.3 Å². The van der Waals surface area contributed by atoms with Crippen molar-refractivity contribution in [3.63, 3.8) is 0 Å². The standard InChI is InChI=1S/C22H26N4O3/c1-29-14-4-11-23-21(27)17-9-7-16(8-10-17)15-25-12-13-26-20(22(25)28)18-5-2-3-6-19(18)24-26/h7-10,12-13H,2-6,11,14-15H2,1H3,(H,23,27). The topological polar surface area (TPSA) is 77.6 Å². The molecule has 1 aromatic carbocycles. The number of fused-ring (bicyclic) bond motifs is 3. The second kappa shape index (κ2) is 8.61. The van der Waals surface area contributed by atoms with E-state index < -0.39 is 0 Å². The molecule has 0 bridgehead atoms. The lowest BCUT2D eigenvalue weighted by Crippen LogP contribution is -2.25. The summed E-state index contributed by atoms with van der Waals surface area (Å²) in [5, 5.41) is 7.45. The van der Waals surface area contributed by atoms with Crippen molar-refractivity contribution in [2.24, 2.45) is 0 Å². The largest absolute Gasteiger partial charge is 0.385 e. The summed E-state index contributed by atoms with van der Waals surface area (Å²) >= 11 is 0. The number of nitrogens with zero attached hydrogens (tertiary/aromatic N) is 3. The number of ether oxygens (including phenoxy) is 1. The highest BCUT2D eigenvalue weighted by Crippen LogP contribution is 2.22. The molecule has 1 N–H and O–H groups in total. The number of aromatic nitrogens is 3. The van der Waals surface area contributed by atoms with Crippen LogP contribution in [0, 0.1) is 0 Å². The van der Waals surface area contributed by atoms with Crippen molar-refractivity contribution in [1.29, 1.82) is 0 Å². The molecule has 2 heterocycles. The Hall–Kier alpha value is -2.93. The fourth-order valence-electron chi connectivity index (χ4n) is 3.86. The first-order chi connectivity index (χ1) is 14.2. The molecule has 1 aliphatic rings. The molecule has 3 aromatic rings. The average molecular weight is 394 g/mol. The van der Waals surface area contributed by atoms with Crippen LogP contribution in [0.2, 0.25) is 0 Å². The smallest absolute Gasteiger partial charge is 0.277 e. The van der Waals surface area contributed by atoms with E-state index in [4.69, 9.17) is 4.74 Å². The molecule has 4 rings (SSSR count). The van der Waals surface area contributed by atoms with Crippen molar-refractivity contribution in [1.82, 2.24) is 19.5 Å². The maximum atomic E-state index is 13.0. The van der Waals surface area contributed by atoms with E-state index in [9.17, 15) is 9.59 Å². The summed E-state index contributed by atoms with van der Waals surface area (Å²) in [4.78, 5) is 25.2. The molecular formula is C22H26N4O3. The predicted octanol–water partition coefficient (Wildman–Crippen LogP) is 2.19. The van der Waals surface area contributed by atoms with Crippen LogP contribution in [-0.4, -0.2) is 40.3 Å². The van der Waals surface area contributed by atoms with Crippen LogP contribution in [0.3, 0.4) is 0 Å². The molecule has 0 radical (unpaired) electrons. The van der Waals surface area contributed by atoms with Crippen LogP contribution >= 0.6 is 0 Å². The number of amides is 1. The van der Waals surface area contributed by atoms with E-state index >= 15 is 0 Å². The van der Waals surface area contributed by atoms with Crippen LogP contribution in [0.4, 0.5) is 0 Å². The van der Waals surface area contributed by atoms with E-state index in [1.807, 2.05) is 18.3 Å². The SMILES string of the molecule is COCCCNC(=O)c1ccc(Cn2ccn3nc4c(c3c2=O)CCCC4)cc1. The van der Waals surface area contributed by atoms with Crippen LogP contribution in [-0.2, 0) is 24.1 Å². The number of aryl methyl sites for hydroxylation is 2. The lowest BCUT2D eigenvalue weighted by atomic mass is 9.97. The van der Waals surface area contributed by atoms with Gasteiger partial charge in [-0.25, -0.2) is 4.52 Å². The van der Waals surface area contributed by atoms with Crippen LogP contribution in [0.15, 0.2) is 41.5 Å². The van der Waals surface area contributed by atoms with Gasteiger partial charge < -0.3 is 14.6 Å². The number of hydrogen-bond donors (Lipinski definition) is 1. The van der Waals surface area contributed by atoms with Crippen molar-refractivity contribution in [3.8, 4) is 0 Å². The predicted molar refractivity (Wildman–Crippen MR) is 110 cm³/mol. The second-order valence-corrected chi connectivity index (χ2v) is 7.46. The third kappa shape index (κ3) is 4.10. The van der Waals surface area contributed by atoms with Gasteiger partial charge in [-0.3, -0.25) is 9.59 Å². The Labute approximate surface area is 169 Å². The third-order valence-corrected chi connectivity index (χ3v) is 5.41. The molecule has 0 saturated heterocycles. The van der Waals surface area contributed by atoms with Crippen LogP contribution in [0.1, 0.15) is 46.4 Å². The molecule has 0 unspecified atom stereocenters. The molecule has 0 aliphatic heterocycles. The highest BCUT2D eigenvalue weighted by atomic mass is 16.5. The van der Waals surface area contributed by atoms with Gasteiger partial charge in [-0.05, 0) is 49.8 Å². The molecule has 0 saturated carbocycles. The molecule has 152 valence electrons. The maximum Gasteiger partial charge on any atom is 0.277 e. The van der Waals surface area contributed by atoms with Gasteiger partial charge in [0.15, 0.2) is 0 Å². The lowest BCUT2D eigenvalue weighted by molar-refractivity contribution is 0.0948. The summed E-state index contributed by atoms with van der Waals surface area (Å²) in [6, 6.07) is 7.38. The van der Waals surface area contributed by atoms with Gasteiger partial charge in [0.05, 0.1) is 12.2 Å². The summed E-state index contributed by atoms with van der Waals surface area (Å²) in [5.41, 5.74) is 4.44. The van der Waals surface area contributed by atoms with Crippen molar-refractivity contribution >= 4 is 11.4 Å². The van der Waals surface area contributed by atoms with E-state index in [2.05, 4.69) is 10.4 Å². The fourth-order valence-corrected chi connectivity index (χ4v) is 3.86. The van der Waals surface area contributed by atoms with Gasteiger partial charge >= 0.3 is 0 Å².